The van der Waals surface area contributed by atoms with Gasteiger partial charge in [-0.1, -0.05) is 18.2 Å². The van der Waals surface area contributed by atoms with Crippen LogP contribution in [0.5, 0.6) is 0 Å². The van der Waals surface area contributed by atoms with Crippen LogP contribution in [-0.2, 0) is 11.3 Å². The number of likely N-dealkylation sites (N-methyl/N-ethyl adjacent to an activating group) is 1. The Morgan fingerprint density at radius 2 is 1.96 bits per heavy atom. The predicted molar refractivity (Wildman–Crippen MR) is 84.9 cm³/mol. The minimum Gasteiger partial charge on any atom is -0.343 e. The number of aldehydes is 1. The van der Waals surface area contributed by atoms with Crippen LogP contribution in [-0.4, -0.2) is 41.6 Å². The van der Waals surface area contributed by atoms with E-state index in [9.17, 15) is 14.4 Å². The van der Waals surface area contributed by atoms with Crippen LogP contribution in [0.1, 0.15) is 26.3 Å². The summed E-state index contributed by atoms with van der Waals surface area (Å²) in [4.78, 5) is 40.1. The molecule has 0 atom stereocenters. The van der Waals surface area contributed by atoms with Crippen molar-refractivity contribution in [3.05, 3.63) is 65.5 Å². The van der Waals surface area contributed by atoms with Crippen molar-refractivity contribution in [2.75, 3.05) is 13.6 Å². The largest absolute Gasteiger partial charge is 0.343 e. The van der Waals surface area contributed by atoms with Crippen molar-refractivity contribution in [2.24, 2.45) is 0 Å². The highest BCUT2D eigenvalue weighted by Crippen LogP contribution is 2.03. The van der Waals surface area contributed by atoms with Crippen molar-refractivity contribution >= 4 is 18.1 Å². The zero-order chi connectivity index (χ0) is 16.7. The number of hydrogen-bond donors (Lipinski definition) is 1. The number of rotatable bonds is 6. The van der Waals surface area contributed by atoms with E-state index in [-0.39, 0.29) is 18.4 Å². The van der Waals surface area contributed by atoms with Gasteiger partial charge in [-0.2, -0.15) is 0 Å². The van der Waals surface area contributed by atoms with Crippen molar-refractivity contribution in [2.45, 2.75) is 6.54 Å². The van der Waals surface area contributed by atoms with Gasteiger partial charge < -0.3 is 10.2 Å². The lowest BCUT2D eigenvalue weighted by atomic mass is 10.1. The van der Waals surface area contributed by atoms with Crippen LogP contribution in [0.25, 0.3) is 0 Å². The van der Waals surface area contributed by atoms with Gasteiger partial charge in [-0.25, -0.2) is 0 Å². The Kier molecular flexibility index (Phi) is 5.57. The van der Waals surface area contributed by atoms with E-state index in [1.165, 1.54) is 4.90 Å². The second kappa shape index (κ2) is 7.84. The lowest BCUT2D eigenvalue weighted by Crippen LogP contribution is -2.37. The van der Waals surface area contributed by atoms with Gasteiger partial charge in [0.25, 0.3) is 5.91 Å². The Balaban J connectivity index is 1.85. The number of amides is 2. The molecule has 6 heteroatoms. The van der Waals surface area contributed by atoms with E-state index in [2.05, 4.69) is 10.3 Å². The fourth-order valence-electron chi connectivity index (χ4n) is 1.96. The first kappa shape index (κ1) is 16.4. The molecule has 2 aromatic rings. The molecule has 0 bridgehead atoms. The fraction of sp³-hybridized carbons (Fsp3) is 0.176. The first-order chi connectivity index (χ1) is 11.1. The third kappa shape index (κ3) is 4.74. The number of benzene rings is 1. The molecule has 23 heavy (non-hydrogen) atoms. The molecular formula is C17H17N3O3. The van der Waals surface area contributed by atoms with Gasteiger partial charge in [-0.3, -0.25) is 19.4 Å². The number of pyridine rings is 1. The first-order valence-electron chi connectivity index (χ1n) is 7.06. The average molecular weight is 311 g/mol. The maximum absolute atomic E-state index is 12.0. The van der Waals surface area contributed by atoms with Crippen molar-refractivity contribution in [1.82, 2.24) is 15.2 Å². The Bertz CT molecular complexity index is 684. The van der Waals surface area contributed by atoms with E-state index in [0.29, 0.717) is 24.0 Å². The van der Waals surface area contributed by atoms with Gasteiger partial charge in [0.15, 0.2) is 0 Å². The van der Waals surface area contributed by atoms with Crippen LogP contribution >= 0.6 is 0 Å². The highest BCUT2D eigenvalue weighted by atomic mass is 16.2. The molecule has 0 radical (unpaired) electrons. The third-order valence-corrected chi connectivity index (χ3v) is 3.28. The second-order valence-electron chi connectivity index (χ2n) is 5.03. The van der Waals surface area contributed by atoms with Crippen LogP contribution in [0.3, 0.4) is 0 Å². The summed E-state index contributed by atoms with van der Waals surface area (Å²) >= 11 is 0. The quantitative estimate of drug-likeness (QED) is 0.815. The average Bonchev–Trinajstić information content (AvgIpc) is 2.60. The summed E-state index contributed by atoms with van der Waals surface area (Å²) in [7, 11) is 1.67. The van der Waals surface area contributed by atoms with Crippen LogP contribution in [0.4, 0.5) is 0 Å². The summed E-state index contributed by atoms with van der Waals surface area (Å²) in [5.74, 6) is -0.558. The summed E-state index contributed by atoms with van der Waals surface area (Å²) in [6.45, 7) is 0.335. The highest BCUT2D eigenvalue weighted by molar-refractivity contribution is 5.96. The van der Waals surface area contributed by atoms with Gasteiger partial charge in [0.2, 0.25) is 5.91 Å². The molecule has 1 N–H and O–H groups in total. The first-order valence-corrected chi connectivity index (χ1v) is 7.06. The Morgan fingerprint density at radius 1 is 1.22 bits per heavy atom. The van der Waals surface area contributed by atoms with Gasteiger partial charge in [-0.15, -0.1) is 0 Å². The van der Waals surface area contributed by atoms with E-state index in [4.69, 9.17) is 0 Å². The van der Waals surface area contributed by atoms with Crippen molar-refractivity contribution in [3.63, 3.8) is 0 Å². The molecule has 2 rings (SSSR count). The summed E-state index contributed by atoms with van der Waals surface area (Å²) in [5, 5.41) is 2.57. The number of nitrogens with zero attached hydrogens (tertiary/aromatic N) is 2. The van der Waals surface area contributed by atoms with E-state index in [0.717, 1.165) is 5.56 Å². The summed E-state index contributed by atoms with van der Waals surface area (Å²) < 4.78 is 0. The highest BCUT2D eigenvalue weighted by Gasteiger charge is 2.12. The predicted octanol–water partition coefficient (Wildman–Crippen LogP) is 1.28. The number of aromatic nitrogens is 1. The van der Waals surface area contributed by atoms with Gasteiger partial charge >= 0.3 is 0 Å². The van der Waals surface area contributed by atoms with E-state index < -0.39 is 0 Å². The van der Waals surface area contributed by atoms with E-state index in [1.807, 2.05) is 6.07 Å². The molecule has 0 spiro atoms. The van der Waals surface area contributed by atoms with Gasteiger partial charge in [0.05, 0.1) is 6.54 Å². The summed E-state index contributed by atoms with van der Waals surface area (Å²) in [6, 6.07) is 9.88. The molecule has 0 aliphatic rings. The minimum atomic E-state index is -0.356. The summed E-state index contributed by atoms with van der Waals surface area (Å²) in [6.07, 6.45) is 4.07. The number of carbonyl (C=O) groups excluding carboxylic acids is 3. The normalized spacial score (nSPS) is 9.96. The molecule has 0 unspecified atom stereocenters. The molecule has 1 heterocycles. The number of hydrogen-bond acceptors (Lipinski definition) is 4. The van der Waals surface area contributed by atoms with Crippen molar-refractivity contribution in [3.8, 4) is 0 Å². The van der Waals surface area contributed by atoms with Crippen LogP contribution < -0.4 is 5.32 Å². The SMILES string of the molecule is CN(Cc1cccnc1)C(=O)CNC(=O)c1ccc(C=O)cc1. The second-order valence-corrected chi connectivity index (χ2v) is 5.03. The minimum absolute atomic E-state index is 0.0922. The third-order valence-electron chi connectivity index (χ3n) is 3.28. The van der Waals surface area contributed by atoms with E-state index in [1.54, 1.807) is 49.8 Å². The zero-order valence-corrected chi connectivity index (χ0v) is 12.7. The van der Waals surface area contributed by atoms with Crippen LogP contribution in [0, 0.1) is 0 Å². The van der Waals surface area contributed by atoms with Gasteiger partial charge in [0.1, 0.15) is 6.29 Å². The van der Waals surface area contributed by atoms with Gasteiger partial charge in [-0.05, 0) is 23.8 Å². The van der Waals surface area contributed by atoms with Crippen molar-refractivity contribution < 1.29 is 14.4 Å². The smallest absolute Gasteiger partial charge is 0.251 e. The molecule has 0 aliphatic heterocycles. The molecule has 2 amide bonds. The van der Waals surface area contributed by atoms with Crippen LogP contribution in [0.15, 0.2) is 48.8 Å². The fourth-order valence-corrected chi connectivity index (χ4v) is 1.96. The lowest BCUT2D eigenvalue weighted by molar-refractivity contribution is -0.129. The van der Waals surface area contributed by atoms with Crippen LogP contribution in [0.2, 0.25) is 0 Å². The molecule has 1 aromatic heterocycles. The molecular weight excluding hydrogens is 294 g/mol. The Morgan fingerprint density at radius 3 is 2.57 bits per heavy atom. The Labute approximate surface area is 134 Å². The number of carbonyl (C=O) groups is 3. The molecule has 118 valence electrons. The number of nitrogens with one attached hydrogen (secondary N) is 1. The Hall–Kier alpha value is -3.02. The molecule has 0 saturated carbocycles. The maximum Gasteiger partial charge on any atom is 0.251 e. The molecule has 0 aliphatic carbocycles. The van der Waals surface area contributed by atoms with Crippen molar-refractivity contribution in [1.29, 1.82) is 0 Å². The van der Waals surface area contributed by atoms with Gasteiger partial charge in [0, 0.05) is 37.1 Å². The molecule has 0 fully saturated rings. The summed E-state index contributed by atoms with van der Waals surface area (Å²) in [5.41, 5.74) is 1.81. The monoisotopic (exact) mass is 311 g/mol. The molecule has 1 aromatic carbocycles. The topological polar surface area (TPSA) is 79.4 Å². The molecule has 6 nitrogen and oxygen atoms in total. The molecule has 0 saturated heterocycles. The maximum atomic E-state index is 12.0. The zero-order valence-electron chi connectivity index (χ0n) is 12.7. The van der Waals surface area contributed by atoms with E-state index >= 15 is 0 Å². The standard InChI is InChI=1S/C17H17N3O3/c1-20(11-14-3-2-8-18-9-14)16(22)10-19-17(23)15-6-4-13(12-21)5-7-15/h2-9,12H,10-11H2,1H3,(H,19,23). The lowest BCUT2D eigenvalue weighted by Gasteiger charge is -2.17.